The molecule has 18 heavy (non-hydrogen) atoms. The van der Waals surface area contributed by atoms with Gasteiger partial charge in [0, 0.05) is 11.5 Å². The van der Waals surface area contributed by atoms with Crippen LogP contribution in [0.2, 0.25) is 0 Å². The lowest BCUT2D eigenvalue weighted by atomic mass is 10.1. The van der Waals surface area contributed by atoms with Gasteiger partial charge in [-0.3, -0.25) is 0 Å². The van der Waals surface area contributed by atoms with Crippen molar-refractivity contribution in [2.24, 2.45) is 0 Å². The summed E-state index contributed by atoms with van der Waals surface area (Å²) < 4.78 is 5.88. The smallest absolute Gasteiger partial charge is 0.344 e. The molecule has 3 aromatic rings. The molecule has 0 unspecified atom stereocenters. The van der Waals surface area contributed by atoms with Gasteiger partial charge in [-0.15, -0.1) is 0 Å². The van der Waals surface area contributed by atoms with Gasteiger partial charge in [-0.1, -0.05) is 18.2 Å². The van der Waals surface area contributed by atoms with Gasteiger partial charge in [0.1, 0.15) is 5.58 Å². The summed E-state index contributed by atoms with van der Waals surface area (Å²) in [6.07, 6.45) is 2.72. The zero-order chi connectivity index (χ0) is 12.5. The van der Waals surface area contributed by atoms with Crippen LogP contribution in [0.5, 0.6) is 0 Å². The van der Waals surface area contributed by atoms with E-state index in [2.05, 4.69) is 0 Å². The van der Waals surface area contributed by atoms with Crippen LogP contribution in [0.25, 0.3) is 22.1 Å². The number of benzene rings is 1. The van der Waals surface area contributed by atoms with Gasteiger partial charge >= 0.3 is 5.63 Å². The summed E-state index contributed by atoms with van der Waals surface area (Å²) in [5.74, 6) is 0. The van der Waals surface area contributed by atoms with Gasteiger partial charge in [0.05, 0.1) is 11.1 Å². The maximum absolute atomic E-state index is 11.9. The summed E-state index contributed by atoms with van der Waals surface area (Å²) in [5.41, 5.74) is 1.03. The fourth-order valence-corrected chi connectivity index (χ4v) is 1.88. The lowest BCUT2D eigenvalue weighted by Crippen LogP contribution is -2.24. The van der Waals surface area contributed by atoms with E-state index < -0.39 is 5.63 Å². The minimum atomic E-state index is -0.445. The van der Waals surface area contributed by atoms with Crippen molar-refractivity contribution in [1.29, 1.82) is 0 Å². The monoisotopic (exact) mass is 239 g/mol. The normalized spacial score (nSPS) is 10.7. The van der Waals surface area contributed by atoms with Crippen molar-refractivity contribution in [3.8, 4) is 11.1 Å². The van der Waals surface area contributed by atoms with Crippen LogP contribution >= 0.6 is 0 Å². The van der Waals surface area contributed by atoms with E-state index in [1.165, 1.54) is 12.4 Å². The first-order valence-electron chi connectivity index (χ1n) is 5.46. The maximum Gasteiger partial charge on any atom is 0.344 e. The number of hydrogen-bond donors (Lipinski definition) is 0. The molecule has 0 atom stereocenters. The van der Waals surface area contributed by atoms with Crippen molar-refractivity contribution in [3.63, 3.8) is 0 Å². The standard InChI is InChI=1S/C14H9NO3/c16-14-12(11-5-3-7-15(17)9-11)8-10-4-1-2-6-13(10)18-14/h1-9H. The van der Waals surface area contributed by atoms with E-state index in [4.69, 9.17) is 4.42 Å². The van der Waals surface area contributed by atoms with Crippen LogP contribution in [0.4, 0.5) is 0 Å². The Bertz CT molecular complexity index is 777. The van der Waals surface area contributed by atoms with Gasteiger partial charge in [-0.2, -0.15) is 4.73 Å². The third-order valence-corrected chi connectivity index (χ3v) is 2.73. The Kier molecular flexibility index (Phi) is 2.34. The highest BCUT2D eigenvalue weighted by Crippen LogP contribution is 2.19. The number of para-hydroxylation sites is 1. The summed E-state index contributed by atoms with van der Waals surface area (Å²) in [6.45, 7) is 0. The molecule has 0 radical (unpaired) electrons. The second kappa shape index (κ2) is 4.00. The Morgan fingerprint density at radius 3 is 2.78 bits per heavy atom. The number of pyridine rings is 1. The molecule has 2 aromatic heterocycles. The first-order valence-corrected chi connectivity index (χ1v) is 5.46. The molecule has 4 nitrogen and oxygen atoms in total. The van der Waals surface area contributed by atoms with Gasteiger partial charge in [0.2, 0.25) is 0 Å². The molecule has 0 aliphatic rings. The summed E-state index contributed by atoms with van der Waals surface area (Å²) in [4.78, 5) is 11.9. The van der Waals surface area contributed by atoms with Crippen molar-refractivity contribution in [1.82, 2.24) is 0 Å². The fraction of sp³-hybridized carbons (Fsp3) is 0. The van der Waals surface area contributed by atoms with Crippen LogP contribution in [-0.4, -0.2) is 0 Å². The zero-order valence-corrected chi connectivity index (χ0v) is 9.37. The Morgan fingerprint density at radius 1 is 1.11 bits per heavy atom. The molecule has 2 heterocycles. The lowest BCUT2D eigenvalue weighted by molar-refractivity contribution is -0.604. The van der Waals surface area contributed by atoms with Crippen LogP contribution in [-0.2, 0) is 0 Å². The first kappa shape index (κ1) is 10.5. The molecule has 0 saturated carbocycles. The fourth-order valence-electron chi connectivity index (χ4n) is 1.88. The van der Waals surface area contributed by atoms with E-state index in [9.17, 15) is 10.0 Å². The Morgan fingerprint density at radius 2 is 1.94 bits per heavy atom. The van der Waals surface area contributed by atoms with Crippen molar-refractivity contribution >= 4 is 11.0 Å². The van der Waals surface area contributed by atoms with E-state index in [1.54, 1.807) is 30.3 Å². The maximum atomic E-state index is 11.9. The van der Waals surface area contributed by atoms with E-state index in [0.717, 1.165) is 5.39 Å². The minimum Gasteiger partial charge on any atom is -0.619 e. The highest BCUT2D eigenvalue weighted by Gasteiger charge is 2.09. The molecule has 3 rings (SSSR count). The van der Waals surface area contributed by atoms with Crippen molar-refractivity contribution in [2.45, 2.75) is 0 Å². The van der Waals surface area contributed by atoms with Crippen LogP contribution in [0, 0.1) is 5.21 Å². The Hall–Kier alpha value is -2.62. The van der Waals surface area contributed by atoms with Gasteiger partial charge < -0.3 is 9.62 Å². The first-order chi connectivity index (χ1) is 8.74. The van der Waals surface area contributed by atoms with Crippen molar-refractivity contribution in [3.05, 3.63) is 70.5 Å². The highest BCUT2D eigenvalue weighted by molar-refractivity contribution is 5.81. The molecular weight excluding hydrogens is 230 g/mol. The predicted molar refractivity (Wildman–Crippen MR) is 66.9 cm³/mol. The number of aromatic nitrogens is 1. The topological polar surface area (TPSA) is 57.2 Å². The second-order valence-corrected chi connectivity index (χ2v) is 3.94. The summed E-state index contributed by atoms with van der Waals surface area (Å²) >= 11 is 0. The van der Waals surface area contributed by atoms with Gasteiger partial charge in [-0.25, -0.2) is 4.79 Å². The average Bonchev–Trinajstić information content (AvgIpc) is 2.38. The van der Waals surface area contributed by atoms with Crippen LogP contribution in [0.3, 0.4) is 0 Å². The molecule has 0 amide bonds. The number of fused-ring (bicyclic) bond motifs is 1. The zero-order valence-electron chi connectivity index (χ0n) is 9.37. The quantitative estimate of drug-likeness (QED) is 0.371. The molecule has 0 saturated heterocycles. The van der Waals surface area contributed by atoms with Crippen LogP contribution in [0.15, 0.2) is 64.1 Å². The van der Waals surface area contributed by atoms with E-state index >= 15 is 0 Å². The van der Waals surface area contributed by atoms with Gasteiger partial charge in [0.25, 0.3) is 0 Å². The summed E-state index contributed by atoms with van der Waals surface area (Å²) in [7, 11) is 0. The number of rotatable bonds is 1. The molecule has 4 heteroatoms. The molecule has 0 aliphatic carbocycles. The molecular formula is C14H9NO3. The highest BCUT2D eigenvalue weighted by atomic mass is 16.5. The summed E-state index contributed by atoms with van der Waals surface area (Å²) in [6, 6.07) is 12.3. The number of hydrogen-bond acceptors (Lipinski definition) is 3. The third kappa shape index (κ3) is 1.73. The van der Waals surface area contributed by atoms with E-state index in [1.807, 2.05) is 12.1 Å². The lowest BCUT2D eigenvalue weighted by Gasteiger charge is -2.02. The van der Waals surface area contributed by atoms with Crippen LogP contribution < -0.4 is 10.4 Å². The largest absolute Gasteiger partial charge is 0.619 e. The predicted octanol–water partition coefficient (Wildman–Crippen LogP) is 2.09. The molecule has 1 aromatic carbocycles. The van der Waals surface area contributed by atoms with Gasteiger partial charge in [-0.05, 0) is 18.2 Å². The van der Waals surface area contributed by atoms with Crippen molar-refractivity contribution in [2.75, 3.05) is 0 Å². The molecule has 0 N–H and O–H groups in total. The van der Waals surface area contributed by atoms with E-state index in [-0.39, 0.29) is 0 Å². The van der Waals surface area contributed by atoms with E-state index in [0.29, 0.717) is 21.4 Å². The minimum absolute atomic E-state index is 0.388. The Balaban J connectivity index is 2.29. The van der Waals surface area contributed by atoms with Crippen molar-refractivity contribution < 1.29 is 9.15 Å². The second-order valence-electron chi connectivity index (χ2n) is 3.94. The molecule has 0 aliphatic heterocycles. The number of nitrogens with zero attached hydrogens (tertiary/aromatic N) is 1. The van der Waals surface area contributed by atoms with Crippen LogP contribution in [0.1, 0.15) is 0 Å². The molecule has 0 spiro atoms. The third-order valence-electron chi connectivity index (χ3n) is 2.73. The molecule has 0 fully saturated rings. The van der Waals surface area contributed by atoms with Gasteiger partial charge in [0.15, 0.2) is 12.4 Å². The SMILES string of the molecule is O=c1oc2ccccc2cc1-c1ccc[n+]([O-])c1. The average molecular weight is 239 g/mol. The molecule has 88 valence electrons. The summed E-state index contributed by atoms with van der Waals surface area (Å²) in [5, 5.41) is 12.0. The molecule has 0 bridgehead atoms. The Labute approximate surface area is 102 Å².